The highest BCUT2D eigenvalue weighted by atomic mass is 32.2. The summed E-state index contributed by atoms with van der Waals surface area (Å²) < 4.78 is 0. The van der Waals surface area contributed by atoms with Gasteiger partial charge in [0.2, 0.25) is 0 Å². The smallest absolute Gasteiger partial charge is 0.356 e. The summed E-state index contributed by atoms with van der Waals surface area (Å²) in [7, 11) is 0. The highest BCUT2D eigenvalue weighted by Gasteiger charge is 2.14. The molecule has 6 heteroatoms. The third-order valence-electron chi connectivity index (χ3n) is 2.79. The molecule has 0 radical (unpaired) electrons. The number of carboxylic acid groups (broad SMARTS) is 1. The van der Waals surface area contributed by atoms with E-state index in [9.17, 15) is 9.59 Å². The van der Waals surface area contributed by atoms with E-state index in [1.54, 1.807) is 30.0 Å². The van der Waals surface area contributed by atoms with Crippen molar-refractivity contribution in [2.75, 3.05) is 11.6 Å². The van der Waals surface area contributed by atoms with Crippen LogP contribution in [0.5, 0.6) is 0 Å². The van der Waals surface area contributed by atoms with Gasteiger partial charge in [-0.05, 0) is 36.1 Å². The van der Waals surface area contributed by atoms with Crippen LogP contribution in [0.1, 0.15) is 26.4 Å². The Labute approximate surface area is 126 Å². The number of pyridine rings is 1. The Kier molecular flexibility index (Phi) is 4.94. The molecular formula is C15H14N2O3S. The van der Waals surface area contributed by atoms with Gasteiger partial charge >= 0.3 is 5.97 Å². The van der Waals surface area contributed by atoms with Crippen molar-refractivity contribution in [3.05, 3.63) is 59.4 Å². The van der Waals surface area contributed by atoms with Gasteiger partial charge in [0.15, 0.2) is 5.69 Å². The number of carbonyl (C=O) groups excluding carboxylic acids is 1. The predicted molar refractivity (Wildman–Crippen MR) is 82.8 cm³/mol. The number of hydrogen-bond acceptors (Lipinski definition) is 4. The highest BCUT2D eigenvalue weighted by molar-refractivity contribution is 7.97. The monoisotopic (exact) mass is 302 g/mol. The van der Waals surface area contributed by atoms with Gasteiger partial charge in [-0.1, -0.05) is 12.1 Å². The van der Waals surface area contributed by atoms with E-state index in [-0.39, 0.29) is 17.3 Å². The molecular weight excluding hydrogens is 288 g/mol. The van der Waals surface area contributed by atoms with Crippen molar-refractivity contribution in [1.29, 1.82) is 0 Å². The second kappa shape index (κ2) is 6.90. The fourth-order valence-electron chi connectivity index (χ4n) is 1.79. The second-order valence-corrected chi connectivity index (χ2v) is 5.15. The van der Waals surface area contributed by atoms with Gasteiger partial charge in [0, 0.05) is 17.5 Å². The molecule has 0 atom stereocenters. The number of aromatic carboxylic acids is 1. The highest BCUT2D eigenvalue weighted by Crippen LogP contribution is 2.15. The lowest BCUT2D eigenvalue weighted by atomic mass is 10.1. The quantitative estimate of drug-likeness (QED) is 0.887. The largest absolute Gasteiger partial charge is 0.476 e. The zero-order valence-electron chi connectivity index (χ0n) is 11.4. The average molecular weight is 302 g/mol. The third-order valence-corrected chi connectivity index (χ3v) is 3.41. The SMILES string of the molecule is CSCc1ccc(C(=O)Nc2cccnc2C(=O)O)cc1. The summed E-state index contributed by atoms with van der Waals surface area (Å²) in [4.78, 5) is 26.9. The van der Waals surface area contributed by atoms with E-state index < -0.39 is 5.97 Å². The van der Waals surface area contributed by atoms with E-state index in [0.29, 0.717) is 5.56 Å². The maximum Gasteiger partial charge on any atom is 0.356 e. The first-order valence-corrected chi connectivity index (χ1v) is 7.58. The molecule has 0 aliphatic heterocycles. The topological polar surface area (TPSA) is 79.3 Å². The zero-order chi connectivity index (χ0) is 15.2. The molecule has 21 heavy (non-hydrogen) atoms. The number of nitrogens with zero attached hydrogens (tertiary/aromatic N) is 1. The molecule has 0 unspecified atom stereocenters. The van der Waals surface area contributed by atoms with Crippen molar-refractivity contribution in [1.82, 2.24) is 4.98 Å². The summed E-state index contributed by atoms with van der Waals surface area (Å²) in [6, 6.07) is 10.3. The second-order valence-electron chi connectivity index (χ2n) is 4.29. The molecule has 0 aliphatic carbocycles. The number of amides is 1. The fourth-order valence-corrected chi connectivity index (χ4v) is 2.32. The fraction of sp³-hybridized carbons (Fsp3) is 0.133. The van der Waals surface area contributed by atoms with Gasteiger partial charge in [0.05, 0.1) is 5.69 Å². The summed E-state index contributed by atoms with van der Waals surface area (Å²) in [5, 5.41) is 11.6. The molecule has 0 bridgehead atoms. The standard InChI is InChI=1S/C15H14N2O3S/c1-21-9-10-4-6-11(7-5-10)14(18)17-12-3-2-8-16-13(12)15(19)20/h2-8H,9H2,1H3,(H,17,18)(H,19,20). The lowest BCUT2D eigenvalue weighted by molar-refractivity contribution is 0.0692. The number of rotatable bonds is 5. The minimum Gasteiger partial charge on any atom is -0.476 e. The lowest BCUT2D eigenvalue weighted by Gasteiger charge is -2.08. The zero-order valence-corrected chi connectivity index (χ0v) is 12.2. The van der Waals surface area contributed by atoms with Crippen molar-refractivity contribution < 1.29 is 14.7 Å². The number of aromatic nitrogens is 1. The van der Waals surface area contributed by atoms with Crippen molar-refractivity contribution in [2.24, 2.45) is 0 Å². The van der Waals surface area contributed by atoms with E-state index in [1.807, 2.05) is 18.4 Å². The Balaban J connectivity index is 2.16. The van der Waals surface area contributed by atoms with Crippen LogP contribution >= 0.6 is 11.8 Å². The number of carbonyl (C=O) groups is 2. The Morgan fingerprint density at radius 2 is 1.95 bits per heavy atom. The Morgan fingerprint density at radius 3 is 2.57 bits per heavy atom. The first kappa shape index (κ1) is 15.1. The molecule has 108 valence electrons. The van der Waals surface area contributed by atoms with Gasteiger partial charge in [-0.15, -0.1) is 0 Å². The van der Waals surface area contributed by atoms with Gasteiger partial charge in [-0.2, -0.15) is 11.8 Å². The molecule has 2 N–H and O–H groups in total. The molecule has 1 amide bonds. The van der Waals surface area contributed by atoms with Crippen molar-refractivity contribution >= 4 is 29.3 Å². The minimum absolute atomic E-state index is 0.176. The van der Waals surface area contributed by atoms with Crippen LogP contribution in [0.2, 0.25) is 0 Å². The van der Waals surface area contributed by atoms with Gasteiger partial charge < -0.3 is 10.4 Å². The Hall–Kier alpha value is -2.34. The lowest BCUT2D eigenvalue weighted by Crippen LogP contribution is -2.15. The number of anilines is 1. The Morgan fingerprint density at radius 1 is 1.24 bits per heavy atom. The minimum atomic E-state index is -1.18. The molecule has 2 rings (SSSR count). The molecule has 0 spiro atoms. The van der Waals surface area contributed by atoms with E-state index in [0.717, 1.165) is 11.3 Å². The maximum absolute atomic E-state index is 12.1. The number of nitrogens with one attached hydrogen (secondary N) is 1. The van der Waals surface area contributed by atoms with E-state index in [2.05, 4.69) is 10.3 Å². The first-order valence-electron chi connectivity index (χ1n) is 6.19. The summed E-state index contributed by atoms with van der Waals surface area (Å²) in [5.41, 5.74) is 1.61. The summed E-state index contributed by atoms with van der Waals surface area (Å²) >= 11 is 1.70. The maximum atomic E-state index is 12.1. The van der Waals surface area contributed by atoms with Gasteiger partial charge in [0.25, 0.3) is 5.91 Å². The van der Waals surface area contributed by atoms with Crippen LogP contribution in [0.15, 0.2) is 42.6 Å². The molecule has 2 aromatic rings. The van der Waals surface area contributed by atoms with Crippen LogP contribution in [0.3, 0.4) is 0 Å². The van der Waals surface area contributed by atoms with Crippen molar-refractivity contribution in [3.63, 3.8) is 0 Å². The van der Waals surface area contributed by atoms with E-state index in [4.69, 9.17) is 5.11 Å². The molecule has 0 saturated carbocycles. The van der Waals surface area contributed by atoms with Crippen LogP contribution in [0.25, 0.3) is 0 Å². The van der Waals surface area contributed by atoms with E-state index >= 15 is 0 Å². The number of benzene rings is 1. The van der Waals surface area contributed by atoms with Crippen LogP contribution in [-0.2, 0) is 5.75 Å². The Bertz CT molecular complexity index is 656. The van der Waals surface area contributed by atoms with E-state index in [1.165, 1.54) is 12.3 Å². The predicted octanol–water partition coefficient (Wildman–Crippen LogP) is 2.90. The van der Waals surface area contributed by atoms with Crippen LogP contribution < -0.4 is 5.32 Å². The first-order chi connectivity index (χ1) is 10.1. The normalized spacial score (nSPS) is 10.1. The molecule has 1 aromatic carbocycles. The summed E-state index contributed by atoms with van der Waals surface area (Å²) in [6.07, 6.45) is 3.38. The summed E-state index contributed by atoms with van der Waals surface area (Å²) in [5.74, 6) is -0.657. The van der Waals surface area contributed by atoms with Gasteiger partial charge in [0.1, 0.15) is 0 Å². The van der Waals surface area contributed by atoms with Crippen LogP contribution in [0, 0.1) is 0 Å². The van der Waals surface area contributed by atoms with Gasteiger partial charge in [-0.3, -0.25) is 4.79 Å². The van der Waals surface area contributed by atoms with Crippen molar-refractivity contribution in [3.8, 4) is 0 Å². The number of thioether (sulfide) groups is 1. The average Bonchev–Trinajstić information content (AvgIpc) is 2.48. The molecule has 0 saturated heterocycles. The van der Waals surface area contributed by atoms with Gasteiger partial charge in [-0.25, -0.2) is 9.78 Å². The molecule has 0 fully saturated rings. The van der Waals surface area contributed by atoms with Crippen LogP contribution in [0.4, 0.5) is 5.69 Å². The molecule has 1 heterocycles. The van der Waals surface area contributed by atoms with Crippen LogP contribution in [-0.4, -0.2) is 28.2 Å². The molecule has 1 aromatic heterocycles. The van der Waals surface area contributed by atoms with Crippen molar-refractivity contribution in [2.45, 2.75) is 5.75 Å². The molecule has 0 aliphatic rings. The third kappa shape index (κ3) is 3.82. The number of hydrogen-bond donors (Lipinski definition) is 2. The molecule has 5 nitrogen and oxygen atoms in total. The summed E-state index contributed by atoms with van der Waals surface area (Å²) in [6.45, 7) is 0. The number of carboxylic acids is 1.